The van der Waals surface area contributed by atoms with Crippen molar-refractivity contribution in [3.63, 3.8) is 0 Å². The molecule has 16 heavy (non-hydrogen) atoms. The van der Waals surface area contributed by atoms with E-state index in [1.165, 1.54) is 7.11 Å². The Morgan fingerprint density at radius 3 is 2.50 bits per heavy atom. The van der Waals surface area contributed by atoms with E-state index in [2.05, 4.69) is 10.1 Å². The summed E-state index contributed by atoms with van der Waals surface area (Å²) in [6.45, 7) is 0.326. The van der Waals surface area contributed by atoms with Crippen LogP contribution in [0, 0.1) is 0 Å². The van der Waals surface area contributed by atoms with Gasteiger partial charge in [-0.2, -0.15) is 0 Å². The van der Waals surface area contributed by atoms with Gasteiger partial charge in [0.05, 0.1) is 7.11 Å². The van der Waals surface area contributed by atoms with Crippen LogP contribution >= 0.6 is 34.8 Å². The van der Waals surface area contributed by atoms with Gasteiger partial charge in [0, 0.05) is 13.0 Å². The second-order valence-corrected chi connectivity index (χ2v) is 5.53. The van der Waals surface area contributed by atoms with Gasteiger partial charge in [0.2, 0.25) is 0 Å². The van der Waals surface area contributed by atoms with Gasteiger partial charge in [-0.1, -0.05) is 34.8 Å². The summed E-state index contributed by atoms with van der Waals surface area (Å²) in [4.78, 5) is 22.3. The number of halogens is 3. The number of methoxy groups -OCH3 is 1. The lowest BCUT2D eigenvalue weighted by molar-refractivity contribution is -0.148. The van der Waals surface area contributed by atoms with Gasteiger partial charge in [0.15, 0.2) is 0 Å². The van der Waals surface area contributed by atoms with E-state index in [4.69, 9.17) is 39.5 Å². The first-order chi connectivity index (χ1) is 7.34. The van der Waals surface area contributed by atoms with Gasteiger partial charge in [0.25, 0.3) is 3.79 Å². The summed E-state index contributed by atoms with van der Waals surface area (Å²) >= 11 is 16.0. The van der Waals surface area contributed by atoms with Crippen LogP contribution in [0.25, 0.3) is 0 Å². The molecule has 2 atom stereocenters. The molecule has 1 N–H and O–H groups in total. The average molecular weight is 291 g/mol. The quantitative estimate of drug-likeness (QED) is 0.602. The van der Waals surface area contributed by atoms with Crippen molar-refractivity contribution in [2.24, 2.45) is 0 Å². The second-order valence-electron chi connectivity index (χ2n) is 3.24. The van der Waals surface area contributed by atoms with Crippen LogP contribution in [-0.4, -0.2) is 41.5 Å². The molecule has 0 aromatic rings. The van der Waals surface area contributed by atoms with Gasteiger partial charge in [-0.15, -0.1) is 0 Å². The first kappa shape index (κ1) is 13.8. The smallest absolute Gasteiger partial charge is 0.358 e. The molecule has 0 bridgehead atoms. The van der Waals surface area contributed by atoms with E-state index in [1.807, 2.05) is 0 Å². The number of rotatable bonds is 2. The van der Waals surface area contributed by atoms with Crippen molar-refractivity contribution in [2.45, 2.75) is 22.4 Å². The fraction of sp³-hybridized carbons (Fsp3) is 0.750. The summed E-state index contributed by atoms with van der Waals surface area (Å²) in [5.41, 5.74) is 0. The predicted molar refractivity (Wildman–Crippen MR) is 58.6 cm³/mol. The van der Waals surface area contributed by atoms with Gasteiger partial charge in [0.1, 0.15) is 12.1 Å². The lowest BCUT2D eigenvalue weighted by Gasteiger charge is -2.15. The van der Waals surface area contributed by atoms with Crippen molar-refractivity contribution in [1.82, 2.24) is 5.32 Å². The molecule has 0 aliphatic carbocycles. The Morgan fingerprint density at radius 1 is 1.38 bits per heavy atom. The van der Waals surface area contributed by atoms with E-state index in [0.717, 1.165) is 0 Å². The molecule has 1 rings (SSSR count). The highest BCUT2D eigenvalue weighted by Crippen LogP contribution is 2.28. The van der Waals surface area contributed by atoms with Crippen molar-refractivity contribution in [3.8, 4) is 0 Å². The van der Waals surface area contributed by atoms with E-state index in [0.29, 0.717) is 13.0 Å². The first-order valence-electron chi connectivity index (χ1n) is 4.43. The van der Waals surface area contributed by atoms with Crippen molar-refractivity contribution >= 4 is 46.7 Å². The summed E-state index contributed by atoms with van der Waals surface area (Å²) in [6, 6.07) is -0.488. The number of nitrogens with one attached hydrogen (secondary N) is 1. The highest BCUT2D eigenvalue weighted by atomic mass is 35.6. The lowest BCUT2D eigenvalue weighted by atomic mass is 10.2. The standard InChI is InChI=1S/C8H10Cl3NO4/c1-15-6(13)5-2-4(3-12-5)16-7(14)8(9,10)11/h4-5,12H,2-3H2,1H3/t4-,5+/m1/s1. The molecule has 1 heterocycles. The minimum absolute atomic E-state index is 0.305. The molecule has 8 heteroatoms. The molecule has 1 fully saturated rings. The molecule has 0 spiro atoms. The highest BCUT2D eigenvalue weighted by Gasteiger charge is 2.38. The summed E-state index contributed by atoms with van der Waals surface area (Å²) in [5, 5.41) is 2.83. The Hall–Kier alpha value is -0.230. The molecule has 0 saturated carbocycles. The third-order valence-electron chi connectivity index (χ3n) is 2.08. The Kier molecular flexibility index (Phi) is 4.67. The Bertz CT molecular complexity index is 291. The number of alkyl halides is 3. The zero-order chi connectivity index (χ0) is 12.3. The summed E-state index contributed by atoms with van der Waals surface area (Å²) in [7, 11) is 1.28. The van der Waals surface area contributed by atoms with Crippen LogP contribution in [0.3, 0.4) is 0 Å². The van der Waals surface area contributed by atoms with Crippen molar-refractivity contribution < 1.29 is 19.1 Å². The number of esters is 2. The van der Waals surface area contributed by atoms with Crippen LogP contribution in [0.5, 0.6) is 0 Å². The molecule has 0 unspecified atom stereocenters. The molecule has 1 aliphatic rings. The average Bonchev–Trinajstić information content (AvgIpc) is 2.63. The Balaban J connectivity index is 2.43. The fourth-order valence-corrected chi connectivity index (χ4v) is 1.47. The molecule has 0 aromatic carbocycles. The summed E-state index contributed by atoms with van der Waals surface area (Å²) in [5.74, 6) is -1.36. The molecule has 92 valence electrons. The number of hydrogen-bond acceptors (Lipinski definition) is 5. The van der Waals surface area contributed by atoms with Crippen LogP contribution in [-0.2, 0) is 19.1 Å². The van der Waals surface area contributed by atoms with Gasteiger partial charge in [-0.05, 0) is 0 Å². The van der Waals surface area contributed by atoms with Crippen molar-refractivity contribution in [1.29, 1.82) is 0 Å². The first-order valence-corrected chi connectivity index (χ1v) is 5.57. The Morgan fingerprint density at radius 2 is 2.00 bits per heavy atom. The summed E-state index contributed by atoms with van der Waals surface area (Å²) < 4.78 is 7.34. The number of hydrogen-bond donors (Lipinski definition) is 1. The Labute approximate surface area is 107 Å². The molecular weight excluding hydrogens is 280 g/mol. The van der Waals surface area contributed by atoms with Crippen LogP contribution in [0.15, 0.2) is 0 Å². The number of carbonyl (C=O) groups is 2. The van der Waals surface area contributed by atoms with Crippen LogP contribution in [0.4, 0.5) is 0 Å². The van der Waals surface area contributed by atoms with Crippen molar-refractivity contribution in [3.05, 3.63) is 0 Å². The normalized spacial score (nSPS) is 25.2. The third kappa shape index (κ3) is 3.66. The minimum atomic E-state index is -2.09. The predicted octanol–water partition coefficient (Wildman–Crippen LogP) is 0.803. The topological polar surface area (TPSA) is 64.6 Å². The van der Waals surface area contributed by atoms with Gasteiger partial charge < -0.3 is 14.8 Å². The zero-order valence-corrected chi connectivity index (χ0v) is 10.6. The maximum Gasteiger partial charge on any atom is 0.358 e. The minimum Gasteiger partial charge on any atom is -0.468 e. The fourth-order valence-electron chi connectivity index (χ4n) is 1.33. The van der Waals surface area contributed by atoms with E-state index in [1.54, 1.807) is 0 Å². The summed E-state index contributed by atoms with van der Waals surface area (Å²) in [6.07, 6.45) is -0.189. The van der Waals surface area contributed by atoms with Gasteiger partial charge in [-0.25, -0.2) is 4.79 Å². The number of ether oxygens (including phenoxy) is 2. The molecule has 0 aromatic heterocycles. The van der Waals surface area contributed by atoms with Gasteiger partial charge >= 0.3 is 11.9 Å². The van der Waals surface area contributed by atoms with Crippen LogP contribution < -0.4 is 5.32 Å². The third-order valence-corrected chi connectivity index (χ3v) is 2.54. The lowest BCUT2D eigenvalue weighted by Crippen LogP contribution is -2.31. The molecule has 0 amide bonds. The second kappa shape index (κ2) is 5.40. The van der Waals surface area contributed by atoms with E-state index in [9.17, 15) is 9.59 Å². The maximum atomic E-state index is 11.2. The molecule has 0 radical (unpaired) electrons. The molecular formula is C8H10Cl3NO4. The van der Waals surface area contributed by atoms with E-state index >= 15 is 0 Å². The zero-order valence-electron chi connectivity index (χ0n) is 8.34. The van der Waals surface area contributed by atoms with Gasteiger partial charge in [-0.3, -0.25) is 4.79 Å². The largest absolute Gasteiger partial charge is 0.468 e. The highest BCUT2D eigenvalue weighted by molar-refractivity contribution is 6.75. The number of carbonyl (C=O) groups excluding carboxylic acids is 2. The van der Waals surface area contributed by atoms with E-state index < -0.39 is 27.9 Å². The van der Waals surface area contributed by atoms with Crippen molar-refractivity contribution in [2.75, 3.05) is 13.7 Å². The maximum absolute atomic E-state index is 11.2. The molecule has 1 saturated heterocycles. The monoisotopic (exact) mass is 289 g/mol. The SMILES string of the molecule is COC(=O)[C@@H]1C[C@@H](OC(=O)C(Cl)(Cl)Cl)CN1. The van der Waals surface area contributed by atoms with Crippen LogP contribution in [0.2, 0.25) is 0 Å². The molecule has 5 nitrogen and oxygen atoms in total. The molecule has 1 aliphatic heterocycles. The van der Waals surface area contributed by atoms with Crippen LogP contribution in [0.1, 0.15) is 6.42 Å². The van der Waals surface area contributed by atoms with E-state index in [-0.39, 0.29) is 0 Å².